The van der Waals surface area contributed by atoms with Crippen molar-refractivity contribution in [3.05, 3.63) is 47.7 Å². The summed E-state index contributed by atoms with van der Waals surface area (Å²) in [6.45, 7) is 4.08. The number of nitrogens with zero attached hydrogens (tertiary/aromatic N) is 2. The zero-order valence-electron chi connectivity index (χ0n) is 11.8. The number of hydrogen-bond donors (Lipinski definition) is 1. The van der Waals surface area contributed by atoms with E-state index < -0.39 is 0 Å². The molecular weight excluding hydrogens is 250 g/mol. The van der Waals surface area contributed by atoms with Crippen LogP contribution in [0.15, 0.2) is 36.5 Å². The molecule has 3 aromatic rings. The number of nitrogens with two attached hydrogens (primary N) is 1. The van der Waals surface area contributed by atoms with Crippen molar-refractivity contribution in [1.82, 2.24) is 9.38 Å². The van der Waals surface area contributed by atoms with Crippen molar-refractivity contribution in [2.75, 3.05) is 12.8 Å². The number of fused-ring (bicyclic) bond motifs is 1. The van der Waals surface area contributed by atoms with E-state index in [-0.39, 0.29) is 0 Å². The first-order chi connectivity index (χ1) is 9.60. The van der Waals surface area contributed by atoms with Crippen molar-refractivity contribution in [3.63, 3.8) is 0 Å². The fourth-order valence-corrected chi connectivity index (χ4v) is 2.37. The number of aryl methyl sites for hydroxylation is 2. The topological polar surface area (TPSA) is 52.5 Å². The molecule has 20 heavy (non-hydrogen) atoms. The third-order valence-corrected chi connectivity index (χ3v) is 3.43. The fourth-order valence-electron chi connectivity index (χ4n) is 2.37. The lowest BCUT2D eigenvalue weighted by atomic mass is 10.1. The standard InChI is InChI=1S/C16H17N3O/c1-10-4-5-13(20-3)12(8-10)15-16(17)19-7-6-11(2)9-14(19)18-15/h4-9H,17H2,1-3H3. The van der Waals surface area contributed by atoms with Crippen LogP contribution < -0.4 is 10.5 Å². The highest BCUT2D eigenvalue weighted by Crippen LogP contribution is 2.34. The zero-order valence-corrected chi connectivity index (χ0v) is 11.8. The number of aromatic nitrogens is 2. The Labute approximate surface area is 117 Å². The van der Waals surface area contributed by atoms with Crippen LogP contribution in [0.5, 0.6) is 5.75 Å². The molecule has 4 nitrogen and oxygen atoms in total. The Morgan fingerprint density at radius 2 is 1.85 bits per heavy atom. The Morgan fingerprint density at radius 1 is 1.10 bits per heavy atom. The van der Waals surface area contributed by atoms with Crippen molar-refractivity contribution < 1.29 is 4.74 Å². The van der Waals surface area contributed by atoms with Gasteiger partial charge in [0.1, 0.15) is 22.9 Å². The maximum atomic E-state index is 6.24. The van der Waals surface area contributed by atoms with Crippen LogP contribution in [0.25, 0.3) is 16.9 Å². The molecule has 1 aromatic carbocycles. The molecule has 2 heterocycles. The van der Waals surface area contributed by atoms with Crippen LogP contribution in [0.4, 0.5) is 5.82 Å². The van der Waals surface area contributed by atoms with E-state index in [9.17, 15) is 0 Å². The fraction of sp³-hybridized carbons (Fsp3) is 0.188. The molecule has 3 rings (SSSR count). The minimum absolute atomic E-state index is 0.629. The summed E-state index contributed by atoms with van der Waals surface area (Å²) in [5.41, 5.74) is 11.1. The van der Waals surface area contributed by atoms with Gasteiger partial charge in [0.2, 0.25) is 0 Å². The summed E-state index contributed by atoms with van der Waals surface area (Å²) >= 11 is 0. The number of benzene rings is 1. The largest absolute Gasteiger partial charge is 0.496 e. The number of imidazole rings is 1. The van der Waals surface area contributed by atoms with Crippen LogP contribution in [0.2, 0.25) is 0 Å². The van der Waals surface area contributed by atoms with Crippen molar-refractivity contribution in [3.8, 4) is 17.0 Å². The lowest BCUT2D eigenvalue weighted by Gasteiger charge is -2.08. The molecule has 0 saturated carbocycles. The van der Waals surface area contributed by atoms with E-state index in [1.165, 1.54) is 0 Å². The summed E-state index contributed by atoms with van der Waals surface area (Å²) in [5, 5.41) is 0. The van der Waals surface area contributed by atoms with Crippen LogP contribution in [-0.2, 0) is 0 Å². The third-order valence-electron chi connectivity index (χ3n) is 3.43. The third kappa shape index (κ3) is 1.90. The highest BCUT2D eigenvalue weighted by atomic mass is 16.5. The van der Waals surface area contributed by atoms with Crippen LogP contribution in [0.1, 0.15) is 11.1 Å². The molecule has 2 N–H and O–H groups in total. The summed E-state index contributed by atoms with van der Waals surface area (Å²) in [7, 11) is 1.66. The normalized spacial score (nSPS) is 10.9. The molecule has 0 fully saturated rings. The predicted molar refractivity (Wildman–Crippen MR) is 81.1 cm³/mol. The summed E-state index contributed by atoms with van der Waals surface area (Å²) in [5.74, 6) is 1.41. The number of rotatable bonds is 2. The number of pyridine rings is 1. The van der Waals surface area contributed by atoms with Crippen molar-refractivity contribution in [1.29, 1.82) is 0 Å². The zero-order chi connectivity index (χ0) is 14.3. The molecule has 0 aliphatic rings. The predicted octanol–water partition coefficient (Wildman–Crippen LogP) is 3.21. The Balaban J connectivity index is 2.29. The molecule has 0 amide bonds. The summed E-state index contributed by atoms with van der Waals surface area (Å²) in [6.07, 6.45) is 1.94. The van der Waals surface area contributed by atoms with Gasteiger partial charge < -0.3 is 10.5 Å². The smallest absolute Gasteiger partial charge is 0.139 e. The molecule has 0 bridgehead atoms. The second kappa shape index (κ2) is 4.56. The van der Waals surface area contributed by atoms with Gasteiger partial charge in [-0.2, -0.15) is 0 Å². The minimum Gasteiger partial charge on any atom is -0.496 e. The average molecular weight is 267 g/mol. The van der Waals surface area contributed by atoms with Gasteiger partial charge >= 0.3 is 0 Å². The van der Waals surface area contributed by atoms with E-state index >= 15 is 0 Å². The van der Waals surface area contributed by atoms with Gasteiger partial charge in [-0.25, -0.2) is 4.98 Å². The molecule has 2 aromatic heterocycles. The quantitative estimate of drug-likeness (QED) is 0.775. The average Bonchev–Trinajstić information content (AvgIpc) is 2.75. The van der Waals surface area contributed by atoms with Gasteiger partial charge in [0.15, 0.2) is 0 Å². The molecule has 4 heteroatoms. The number of anilines is 1. The first-order valence-corrected chi connectivity index (χ1v) is 6.49. The molecule has 0 unspecified atom stereocenters. The first-order valence-electron chi connectivity index (χ1n) is 6.49. The van der Waals surface area contributed by atoms with Crippen LogP contribution in [0, 0.1) is 13.8 Å². The second-order valence-corrected chi connectivity index (χ2v) is 4.98. The monoisotopic (exact) mass is 267 g/mol. The number of nitrogen functional groups attached to an aromatic ring is 1. The molecule has 0 aliphatic heterocycles. The van der Waals surface area contributed by atoms with Gasteiger partial charge in [-0.1, -0.05) is 11.6 Å². The Kier molecular flexibility index (Phi) is 2.86. The van der Waals surface area contributed by atoms with Crippen molar-refractivity contribution in [2.24, 2.45) is 0 Å². The summed E-state index contributed by atoms with van der Waals surface area (Å²) in [6, 6.07) is 10.0. The molecular formula is C16H17N3O. The minimum atomic E-state index is 0.629. The number of hydrogen-bond acceptors (Lipinski definition) is 3. The Hall–Kier alpha value is -2.49. The SMILES string of the molecule is COc1ccc(C)cc1-c1nc2cc(C)ccn2c1N. The van der Waals surface area contributed by atoms with Gasteiger partial charge in [-0.05, 0) is 43.7 Å². The molecule has 0 atom stereocenters. The van der Waals surface area contributed by atoms with Gasteiger partial charge in [-0.3, -0.25) is 4.40 Å². The van der Waals surface area contributed by atoms with E-state index in [4.69, 9.17) is 10.5 Å². The maximum Gasteiger partial charge on any atom is 0.139 e. The van der Waals surface area contributed by atoms with Crippen LogP contribution >= 0.6 is 0 Å². The van der Waals surface area contributed by atoms with Gasteiger partial charge in [-0.15, -0.1) is 0 Å². The highest BCUT2D eigenvalue weighted by molar-refractivity contribution is 5.79. The van der Waals surface area contributed by atoms with Crippen molar-refractivity contribution >= 4 is 11.5 Å². The number of ether oxygens (including phenoxy) is 1. The summed E-state index contributed by atoms with van der Waals surface area (Å²) in [4.78, 5) is 4.65. The van der Waals surface area contributed by atoms with Gasteiger partial charge in [0, 0.05) is 11.8 Å². The van der Waals surface area contributed by atoms with Crippen LogP contribution in [-0.4, -0.2) is 16.5 Å². The highest BCUT2D eigenvalue weighted by Gasteiger charge is 2.15. The Bertz CT molecular complexity index is 790. The van der Waals surface area contributed by atoms with Crippen LogP contribution in [0.3, 0.4) is 0 Å². The van der Waals surface area contributed by atoms with E-state index in [0.29, 0.717) is 5.82 Å². The molecule has 0 aliphatic carbocycles. The lowest BCUT2D eigenvalue weighted by molar-refractivity contribution is 0.416. The second-order valence-electron chi connectivity index (χ2n) is 4.98. The molecule has 0 spiro atoms. The van der Waals surface area contributed by atoms with E-state index in [0.717, 1.165) is 33.8 Å². The molecule has 0 saturated heterocycles. The van der Waals surface area contributed by atoms with Gasteiger partial charge in [0.25, 0.3) is 0 Å². The maximum absolute atomic E-state index is 6.24. The lowest BCUT2D eigenvalue weighted by Crippen LogP contribution is -1.95. The van der Waals surface area contributed by atoms with E-state index in [2.05, 4.69) is 4.98 Å². The van der Waals surface area contributed by atoms with E-state index in [1.807, 2.05) is 54.8 Å². The first kappa shape index (κ1) is 12.5. The number of methoxy groups -OCH3 is 1. The van der Waals surface area contributed by atoms with E-state index in [1.54, 1.807) is 7.11 Å². The van der Waals surface area contributed by atoms with Crippen molar-refractivity contribution in [2.45, 2.75) is 13.8 Å². The molecule has 0 radical (unpaired) electrons. The summed E-state index contributed by atoms with van der Waals surface area (Å²) < 4.78 is 7.32. The molecule has 102 valence electrons. The van der Waals surface area contributed by atoms with Gasteiger partial charge in [0.05, 0.1) is 7.11 Å². The Morgan fingerprint density at radius 3 is 2.60 bits per heavy atom.